The summed E-state index contributed by atoms with van der Waals surface area (Å²) in [5.41, 5.74) is 5.91. The van der Waals surface area contributed by atoms with E-state index in [1.165, 1.54) is 0 Å². The molecule has 0 aliphatic heterocycles. The molecule has 0 aromatic heterocycles. The van der Waals surface area contributed by atoms with Gasteiger partial charge in [0.1, 0.15) is 5.54 Å². The molecule has 1 aliphatic carbocycles. The van der Waals surface area contributed by atoms with E-state index in [2.05, 4.69) is 21.2 Å². The third-order valence-corrected chi connectivity index (χ3v) is 3.69. The second-order valence-corrected chi connectivity index (χ2v) is 5.20. The Kier molecular flexibility index (Phi) is 3.19. The normalized spacial score (nSPS) is 18.3. The summed E-state index contributed by atoms with van der Waals surface area (Å²) in [6.45, 7) is 0. The maximum Gasteiger partial charge on any atom is 0.243 e. The lowest BCUT2D eigenvalue weighted by atomic mass is 9.96. The van der Waals surface area contributed by atoms with Crippen LogP contribution in [0.15, 0.2) is 28.7 Å². The molecule has 0 saturated heterocycles. The third kappa shape index (κ3) is 2.21. The first-order valence-electron chi connectivity index (χ1n) is 5.46. The molecule has 0 atom stereocenters. The lowest BCUT2D eigenvalue weighted by Crippen LogP contribution is -2.48. The summed E-state index contributed by atoms with van der Waals surface area (Å²) in [6, 6.07) is 7.80. The van der Waals surface area contributed by atoms with Crippen molar-refractivity contribution in [3.8, 4) is 0 Å². The van der Waals surface area contributed by atoms with Gasteiger partial charge in [-0.1, -0.05) is 28.8 Å². The lowest BCUT2D eigenvalue weighted by molar-refractivity contribution is -0.122. The number of benzene rings is 1. The van der Waals surface area contributed by atoms with Gasteiger partial charge in [-0.2, -0.15) is 0 Å². The van der Waals surface area contributed by atoms with E-state index in [-0.39, 0.29) is 5.91 Å². The molecule has 1 saturated carbocycles. The molecular weight excluding hydrogens is 268 g/mol. The first-order chi connectivity index (χ1) is 7.62. The van der Waals surface area contributed by atoms with Gasteiger partial charge in [0, 0.05) is 10.2 Å². The number of nitrogens with one attached hydrogen (secondary N) is 1. The molecule has 1 aromatic carbocycles. The van der Waals surface area contributed by atoms with E-state index < -0.39 is 5.54 Å². The van der Waals surface area contributed by atoms with E-state index in [0.29, 0.717) is 0 Å². The molecule has 0 unspecified atom stereocenters. The first-order valence-corrected chi connectivity index (χ1v) is 6.25. The van der Waals surface area contributed by atoms with Crippen LogP contribution in [0.1, 0.15) is 25.7 Å². The fourth-order valence-corrected chi connectivity index (χ4v) is 2.49. The number of carbonyl (C=O) groups excluding carboxylic acids is 1. The molecule has 1 fully saturated rings. The van der Waals surface area contributed by atoms with Crippen LogP contribution in [-0.2, 0) is 4.79 Å². The minimum absolute atomic E-state index is 0.243. The van der Waals surface area contributed by atoms with E-state index in [4.69, 9.17) is 5.73 Å². The van der Waals surface area contributed by atoms with Crippen LogP contribution in [-0.4, -0.2) is 11.4 Å². The van der Waals surface area contributed by atoms with Crippen molar-refractivity contribution >= 4 is 27.5 Å². The number of primary amides is 1. The second kappa shape index (κ2) is 4.45. The highest BCUT2D eigenvalue weighted by Crippen LogP contribution is 2.33. The van der Waals surface area contributed by atoms with Gasteiger partial charge in [-0.25, -0.2) is 0 Å². The zero-order valence-electron chi connectivity index (χ0n) is 9.00. The molecule has 0 spiro atoms. The van der Waals surface area contributed by atoms with Crippen LogP contribution >= 0.6 is 15.9 Å². The van der Waals surface area contributed by atoms with Crippen molar-refractivity contribution in [1.29, 1.82) is 0 Å². The predicted molar refractivity (Wildman–Crippen MR) is 68.2 cm³/mol. The van der Waals surface area contributed by atoms with Crippen molar-refractivity contribution in [2.24, 2.45) is 5.73 Å². The molecule has 4 heteroatoms. The van der Waals surface area contributed by atoms with Crippen molar-refractivity contribution in [2.75, 3.05) is 5.32 Å². The molecule has 2 rings (SSSR count). The van der Waals surface area contributed by atoms with Gasteiger partial charge < -0.3 is 11.1 Å². The summed E-state index contributed by atoms with van der Waals surface area (Å²) in [5.74, 6) is -0.243. The van der Waals surface area contributed by atoms with E-state index in [1.807, 2.05) is 24.3 Å². The SMILES string of the molecule is NC(=O)C1(Nc2ccc(Br)cc2)CCCC1. The highest BCUT2D eigenvalue weighted by atomic mass is 79.9. The van der Waals surface area contributed by atoms with Gasteiger partial charge in [0.2, 0.25) is 5.91 Å². The quantitative estimate of drug-likeness (QED) is 0.896. The summed E-state index contributed by atoms with van der Waals surface area (Å²) in [4.78, 5) is 11.5. The Bertz CT molecular complexity index is 383. The largest absolute Gasteiger partial charge is 0.371 e. The average Bonchev–Trinajstić information content (AvgIpc) is 2.71. The van der Waals surface area contributed by atoms with Gasteiger partial charge in [0.05, 0.1) is 0 Å². The molecule has 1 aliphatic rings. The molecule has 1 amide bonds. The van der Waals surface area contributed by atoms with Crippen LogP contribution in [0.3, 0.4) is 0 Å². The number of nitrogens with two attached hydrogens (primary N) is 1. The first kappa shape index (κ1) is 11.5. The minimum Gasteiger partial charge on any atom is -0.371 e. The average molecular weight is 283 g/mol. The van der Waals surface area contributed by atoms with Gasteiger partial charge in [-0.3, -0.25) is 4.79 Å². The summed E-state index contributed by atoms with van der Waals surface area (Å²) in [5, 5.41) is 3.29. The molecular formula is C12H15BrN2O. The van der Waals surface area contributed by atoms with E-state index in [1.54, 1.807) is 0 Å². The number of anilines is 1. The lowest BCUT2D eigenvalue weighted by Gasteiger charge is -2.27. The Morgan fingerprint density at radius 3 is 2.31 bits per heavy atom. The standard InChI is InChI=1S/C12H15BrN2O/c13-9-3-5-10(6-4-9)15-12(11(14)16)7-1-2-8-12/h3-6,15H,1-2,7-8H2,(H2,14,16). The zero-order valence-corrected chi connectivity index (χ0v) is 10.6. The Morgan fingerprint density at radius 1 is 1.25 bits per heavy atom. The molecule has 0 radical (unpaired) electrons. The summed E-state index contributed by atoms with van der Waals surface area (Å²) < 4.78 is 1.03. The van der Waals surface area contributed by atoms with Crippen LogP contribution in [0.25, 0.3) is 0 Å². The van der Waals surface area contributed by atoms with Gasteiger partial charge in [0.15, 0.2) is 0 Å². The van der Waals surface area contributed by atoms with Gasteiger partial charge in [-0.15, -0.1) is 0 Å². The van der Waals surface area contributed by atoms with Gasteiger partial charge in [-0.05, 0) is 37.1 Å². The van der Waals surface area contributed by atoms with Crippen molar-refractivity contribution in [3.05, 3.63) is 28.7 Å². The zero-order chi connectivity index (χ0) is 11.6. The number of carbonyl (C=O) groups is 1. The topological polar surface area (TPSA) is 55.1 Å². The summed E-state index contributed by atoms with van der Waals surface area (Å²) in [7, 11) is 0. The highest BCUT2D eigenvalue weighted by molar-refractivity contribution is 9.10. The third-order valence-electron chi connectivity index (χ3n) is 3.16. The van der Waals surface area contributed by atoms with E-state index in [9.17, 15) is 4.79 Å². The van der Waals surface area contributed by atoms with Crippen LogP contribution in [0.4, 0.5) is 5.69 Å². The smallest absolute Gasteiger partial charge is 0.243 e. The van der Waals surface area contributed by atoms with E-state index >= 15 is 0 Å². The maximum atomic E-state index is 11.5. The number of hydrogen-bond donors (Lipinski definition) is 2. The number of rotatable bonds is 3. The van der Waals surface area contributed by atoms with Crippen molar-refractivity contribution < 1.29 is 4.79 Å². The van der Waals surface area contributed by atoms with Gasteiger partial charge in [0.25, 0.3) is 0 Å². The molecule has 0 bridgehead atoms. The van der Waals surface area contributed by atoms with Crippen LogP contribution in [0, 0.1) is 0 Å². The summed E-state index contributed by atoms with van der Waals surface area (Å²) in [6.07, 6.45) is 3.79. The Hall–Kier alpha value is -1.03. The second-order valence-electron chi connectivity index (χ2n) is 4.29. The van der Waals surface area contributed by atoms with Crippen molar-refractivity contribution in [2.45, 2.75) is 31.2 Å². The molecule has 0 heterocycles. The molecule has 1 aromatic rings. The van der Waals surface area contributed by atoms with Crippen LogP contribution in [0.5, 0.6) is 0 Å². The molecule has 3 N–H and O–H groups in total. The fraction of sp³-hybridized carbons (Fsp3) is 0.417. The fourth-order valence-electron chi connectivity index (χ4n) is 2.22. The predicted octanol–water partition coefficient (Wildman–Crippen LogP) is 2.66. The molecule has 86 valence electrons. The number of hydrogen-bond acceptors (Lipinski definition) is 2. The molecule has 16 heavy (non-hydrogen) atoms. The monoisotopic (exact) mass is 282 g/mol. The number of amides is 1. The molecule has 3 nitrogen and oxygen atoms in total. The maximum absolute atomic E-state index is 11.5. The Balaban J connectivity index is 2.18. The Labute approximate surface area is 104 Å². The summed E-state index contributed by atoms with van der Waals surface area (Å²) >= 11 is 3.38. The minimum atomic E-state index is -0.534. The van der Waals surface area contributed by atoms with Crippen LogP contribution < -0.4 is 11.1 Å². The number of halogens is 1. The highest BCUT2D eigenvalue weighted by Gasteiger charge is 2.39. The Morgan fingerprint density at radius 2 is 1.81 bits per heavy atom. The van der Waals surface area contributed by atoms with Crippen molar-refractivity contribution in [1.82, 2.24) is 0 Å². The van der Waals surface area contributed by atoms with Crippen molar-refractivity contribution in [3.63, 3.8) is 0 Å². The van der Waals surface area contributed by atoms with Gasteiger partial charge >= 0.3 is 0 Å². The van der Waals surface area contributed by atoms with Crippen LogP contribution in [0.2, 0.25) is 0 Å². The van der Waals surface area contributed by atoms with E-state index in [0.717, 1.165) is 35.8 Å².